The Balaban J connectivity index is 1.69. The molecule has 5 heteroatoms. The third-order valence-corrected chi connectivity index (χ3v) is 5.98. The molecule has 0 spiro atoms. The first-order valence-corrected chi connectivity index (χ1v) is 9.62. The van der Waals surface area contributed by atoms with Crippen molar-refractivity contribution in [3.8, 4) is 0 Å². The van der Waals surface area contributed by atoms with Gasteiger partial charge in [-0.3, -0.25) is 9.08 Å². The zero-order chi connectivity index (χ0) is 17.2. The molecule has 0 amide bonds. The highest BCUT2D eigenvalue weighted by Crippen LogP contribution is 2.26. The van der Waals surface area contributed by atoms with E-state index in [9.17, 15) is 8.42 Å². The van der Waals surface area contributed by atoms with Crippen LogP contribution in [0.25, 0.3) is 0 Å². The summed E-state index contributed by atoms with van der Waals surface area (Å²) in [7, 11) is -3.73. The molecule has 24 heavy (non-hydrogen) atoms. The Morgan fingerprint density at radius 2 is 1.71 bits per heavy atom. The summed E-state index contributed by atoms with van der Waals surface area (Å²) in [6.45, 7) is 6.11. The van der Waals surface area contributed by atoms with Crippen LogP contribution in [0, 0.1) is 12.8 Å². The van der Waals surface area contributed by atoms with Crippen molar-refractivity contribution in [2.75, 3.05) is 13.1 Å². The van der Waals surface area contributed by atoms with Gasteiger partial charge in [-0.1, -0.05) is 55.5 Å². The monoisotopic (exact) mass is 345 g/mol. The number of rotatable bonds is 5. The van der Waals surface area contributed by atoms with E-state index >= 15 is 0 Å². The van der Waals surface area contributed by atoms with Gasteiger partial charge in [0.15, 0.2) is 0 Å². The first kappa shape index (κ1) is 17.1. The second-order valence-corrected chi connectivity index (χ2v) is 8.05. The maximum absolute atomic E-state index is 12.6. The molecule has 128 valence electrons. The van der Waals surface area contributed by atoms with Gasteiger partial charge in [-0.15, -0.1) is 0 Å². The molecular weight excluding hydrogens is 322 g/mol. The number of likely N-dealkylation sites (tertiary alicyclic amines) is 1. The van der Waals surface area contributed by atoms with Crippen LogP contribution in [0.2, 0.25) is 0 Å². The van der Waals surface area contributed by atoms with Gasteiger partial charge in [-0.25, -0.2) is 0 Å². The molecule has 0 aliphatic carbocycles. The molecule has 0 aromatic heterocycles. The van der Waals surface area contributed by atoms with E-state index in [1.54, 1.807) is 25.1 Å². The third-order valence-electron chi connectivity index (χ3n) is 4.48. The Morgan fingerprint density at radius 1 is 1.04 bits per heavy atom. The first-order chi connectivity index (χ1) is 11.5. The second kappa shape index (κ2) is 7.05. The van der Waals surface area contributed by atoms with Crippen LogP contribution < -0.4 is 0 Å². The molecule has 0 N–H and O–H groups in total. The van der Waals surface area contributed by atoms with E-state index in [0.29, 0.717) is 12.1 Å². The van der Waals surface area contributed by atoms with E-state index in [2.05, 4.69) is 17.0 Å². The zero-order valence-electron chi connectivity index (χ0n) is 14.1. The molecule has 0 radical (unpaired) electrons. The van der Waals surface area contributed by atoms with Crippen molar-refractivity contribution in [2.45, 2.75) is 31.4 Å². The van der Waals surface area contributed by atoms with E-state index in [-0.39, 0.29) is 16.9 Å². The summed E-state index contributed by atoms with van der Waals surface area (Å²) < 4.78 is 30.7. The SMILES string of the molecule is Cc1ccccc1S(=O)(=O)O[C@H]1CN(Cc2ccccc2)C[C@@H]1C. The van der Waals surface area contributed by atoms with Crippen molar-refractivity contribution in [2.24, 2.45) is 5.92 Å². The van der Waals surface area contributed by atoms with Crippen LogP contribution in [-0.2, 0) is 20.8 Å². The molecule has 1 saturated heterocycles. The third kappa shape index (κ3) is 3.86. The van der Waals surface area contributed by atoms with Gasteiger partial charge >= 0.3 is 0 Å². The summed E-state index contributed by atoms with van der Waals surface area (Å²) in [6.07, 6.45) is -0.307. The van der Waals surface area contributed by atoms with Crippen molar-refractivity contribution in [3.63, 3.8) is 0 Å². The van der Waals surface area contributed by atoms with Gasteiger partial charge < -0.3 is 0 Å². The van der Waals surface area contributed by atoms with E-state index in [1.165, 1.54) is 5.56 Å². The fourth-order valence-electron chi connectivity index (χ4n) is 3.18. The maximum Gasteiger partial charge on any atom is 0.297 e. The lowest BCUT2D eigenvalue weighted by atomic mass is 10.1. The van der Waals surface area contributed by atoms with Gasteiger partial charge in [0.2, 0.25) is 0 Å². The van der Waals surface area contributed by atoms with E-state index in [0.717, 1.165) is 13.1 Å². The lowest BCUT2D eigenvalue weighted by Crippen LogP contribution is -2.26. The Bertz CT molecular complexity index is 789. The van der Waals surface area contributed by atoms with Crippen molar-refractivity contribution in [3.05, 3.63) is 65.7 Å². The van der Waals surface area contributed by atoms with Gasteiger partial charge in [0.05, 0.1) is 11.0 Å². The highest BCUT2D eigenvalue weighted by Gasteiger charge is 2.34. The number of hydrogen-bond acceptors (Lipinski definition) is 4. The van der Waals surface area contributed by atoms with Crippen LogP contribution in [0.15, 0.2) is 59.5 Å². The molecule has 0 bridgehead atoms. The Morgan fingerprint density at radius 3 is 2.42 bits per heavy atom. The minimum Gasteiger partial charge on any atom is -0.296 e. The molecule has 1 aliphatic rings. The van der Waals surface area contributed by atoms with Crippen LogP contribution in [0.3, 0.4) is 0 Å². The quantitative estimate of drug-likeness (QED) is 0.781. The van der Waals surface area contributed by atoms with Gasteiger partial charge in [0.1, 0.15) is 0 Å². The van der Waals surface area contributed by atoms with Crippen LogP contribution in [0.4, 0.5) is 0 Å². The maximum atomic E-state index is 12.6. The molecule has 1 fully saturated rings. The summed E-state index contributed by atoms with van der Waals surface area (Å²) in [5.41, 5.74) is 1.94. The Hall–Kier alpha value is -1.69. The number of hydrogen-bond donors (Lipinski definition) is 0. The van der Waals surface area contributed by atoms with E-state index in [4.69, 9.17) is 4.18 Å². The van der Waals surface area contributed by atoms with Gasteiger partial charge in [-0.05, 0) is 30.0 Å². The summed E-state index contributed by atoms with van der Waals surface area (Å²) in [5.74, 6) is 0.174. The molecule has 1 aliphatic heterocycles. The predicted molar refractivity (Wildman–Crippen MR) is 94.1 cm³/mol. The average molecular weight is 345 g/mol. The lowest BCUT2D eigenvalue weighted by Gasteiger charge is -2.17. The lowest BCUT2D eigenvalue weighted by molar-refractivity contribution is 0.180. The van der Waals surface area contributed by atoms with Crippen molar-refractivity contribution in [1.29, 1.82) is 0 Å². The Kier molecular flexibility index (Phi) is 5.04. The molecule has 0 saturated carbocycles. The summed E-state index contributed by atoms with van der Waals surface area (Å²) >= 11 is 0. The highest BCUT2D eigenvalue weighted by atomic mass is 32.2. The van der Waals surface area contributed by atoms with Crippen molar-refractivity contribution >= 4 is 10.1 Å². The Labute approximate surface area is 144 Å². The van der Waals surface area contributed by atoms with Gasteiger partial charge in [0, 0.05) is 19.6 Å². The fraction of sp³-hybridized carbons (Fsp3) is 0.368. The van der Waals surface area contributed by atoms with Crippen molar-refractivity contribution < 1.29 is 12.6 Å². The number of nitrogens with zero attached hydrogens (tertiary/aromatic N) is 1. The molecular formula is C19H23NO3S. The average Bonchev–Trinajstić information content (AvgIpc) is 2.87. The zero-order valence-corrected chi connectivity index (χ0v) is 14.9. The summed E-state index contributed by atoms with van der Waals surface area (Å²) in [5, 5.41) is 0. The highest BCUT2D eigenvalue weighted by molar-refractivity contribution is 7.86. The second-order valence-electron chi connectivity index (χ2n) is 6.51. The molecule has 1 heterocycles. The summed E-state index contributed by atoms with van der Waals surface area (Å²) in [6, 6.07) is 17.2. The molecule has 2 atom stereocenters. The summed E-state index contributed by atoms with van der Waals surface area (Å²) in [4.78, 5) is 2.51. The van der Waals surface area contributed by atoms with Crippen LogP contribution in [0.1, 0.15) is 18.1 Å². The smallest absolute Gasteiger partial charge is 0.296 e. The molecule has 2 aromatic rings. The molecule has 2 aromatic carbocycles. The van der Waals surface area contributed by atoms with Crippen molar-refractivity contribution in [1.82, 2.24) is 4.90 Å². The van der Waals surface area contributed by atoms with Crippen LogP contribution >= 0.6 is 0 Å². The van der Waals surface area contributed by atoms with Gasteiger partial charge in [-0.2, -0.15) is 8.42 Å². The predicted octanol–water partition coefficient (Wildman–Crippen LogP) is 3.22. The number of benzene rings is 2. The molecule has 4 nitrogen and oxygen atoms in total. The largest absolute Gasteiger partial charge is 0.297 e. The standard InChI is InChI=1S/C19H23NO3S/c1-15-8-6-7-11-19(15)24(21,22)23-18-14-20(12-16(18)2)13-17-9-4-3-5-10-17/h3-11,16,18H,12-14H2,1-2H3/t16-,18-/m0/s1. The molecule has 3 rings (SSSR count). The molecule has 0 unspecified atom stereocenters. The minimum absolute atomic E-state index is 0.174. The van der Waals surface area contributed by atoms with Gasteiger partial charge in [0.25, 0.3) is 10.1 Å². The minimum atomic E-state index is -3.73. The van der Waals surface area contributed by atoms with Crippen LogP contribution in [0.5, 0.6) is 0 Å². The van der Waals surface area contributed by atoms with Crippen LogP contribution in [-0.4, -0.2) is 32.5 Å². The normalized spacial score (nSPS) is 21.9. The first-order valence-electron chi connectivity index (χ1n) is 8.21. The fourth-order valence-corrected chi connectivity index (χ4v) is 4.57. The number of aryl methyl sites for hydroxylation is 1. The topological polar surface area (TPSA) is 46.6 Å². The van der Waals surface area contributed by atoms with E-state index in [1.807, 2.05) is 31.2 Å². The van der Waals surface area contributed by atoms with E-state index < -0.39 is 10.1 Å².